The zero-order chi connectivity index (χ0) is 19.3. The molecule has 3 nitrogen and oxygen atoms in total. The number of rotatable bonds is 7. The Morgan fingerprint density at radius 1 is 1.12 bits per heavy atom. The Bertz CT molecular complexity index is 773. The van der Waals surface area contributed by atoms with Gasteiger partial charge in [-0.05, 0) is 48.6 Å². The highest BCUT2D eigenvalue weighted by Gasteiger charge is 2.15. The van der Waals surface area contributed by atoms with Gasteiger partial charge >= 0.3 is 0 Å². The smallest absolute Gasteiger partial charge is 0.238 e. The number of anilines is 1. The standard InChI is InChI=1S/C20H23Cl2FN2O/c1-4-13-7-6-8-14(5-2)20(13)25-19(26)11-24-12(3)15-9-18(23)17(22)10-16(15)21/h6-10,12,24H,4-5,11H2,1-3H3,(H,25,26)/t12-/m0/s1. The number of nitrogens with one attached hydrogen (secondary N) is 2. The lowest BCUT2D eigenvalue weighted by Gasteiger charge is -2.18. The molecule has 140 valence electrons. The first-order valence-electron chi connectivity index (χ1n) is 8.65. The molecule has 0 aromatic heterocycles. The monoisotopic (exact) mass is 396 g/mol. The van der Waals surface area contributed by atoms with Crippen LogP contribution in [0.1, 0.15) is 43.5 Å². The van der Waals surface area contributed by atoms with Crippen LogP contribution in [-0.4, -0.2) is 12.5 Å². The predicted octanol–water partition coefficient (Wildman–Crippen LogP) is 5.55. The van der Waals surface area contributed by atoms with Crippen molar-refractivity contribution in [3.63, 3.8) is 0 Å². The summed E-state index contributed by atoms with van der Waals surface area (Å²) in [6.45, 7) is 6.02. The van der Waals surface area contributed by atoms with E-state index in [1.54, 1.807) is 0 Å². The summed E-state index contributed by atoms with van der Waals surface area (Å²) in [5.74, 6) is -0.688. The van der Waals surface area contributed by atoms with Crippen molar-refractivity contribution in [3.05, 3.63) is 62.9 Å². The molecule has 2 rings (SSSR count). The van der Waals surface area contributed by atoms with Gasteiger partial charge in [0.25, 0.3) is 0 Å². The van der Waals surface area contributed by atoms with Crippen LogP contribution in [0.15, 0.2) is 30.3 Å². The second kappa shape index (κ2) is 9.36. The second-order valence-electron chi connectivity index (χ2n) is 6.10. The molecule has 0 saturated carbocycles. The Kier molecular flexibility index (Phi) is 7.44. The Labute approximate surface area is 163 Å². The molecule has 0 aliphatic carbocycles. The fraction of sp³-hybridized carbons (Fsp3) is 0.350. The number of benzene rings is 2. The van der Waals surface area contributed by atoms with Crippen LogP contribution in [0.5, 0.6) is 0 Å². The molecule has 0 aliphatic heterocycles. The zero-order valence-corrected chi connectivity index (χ0v) is 16.6. The van der Waals surface area contributed by atoms with Gasteiger partial charge in [-0.15, -0.1) is 0 Å². The van der Waals surface area contributed by atoms with Crippen molar-refractivity contribution < 1.29 is 9.18 Å². The van der Waals surface area contributed by atoms with Gasteiger partial charge in [-0.1, -0.05) is 55.2 Å². The number of amides is 1. The van der Waals surface area contributed by atoms with Crippen LogP contribution in [0.2, 0.25) is 10.0 Å². The topological polar surface area (TPSA) is 41.1 Å². The quantitative estimate of drug-likeness (QED) is 0.602. The Hall–Kier alpha value is -1.62. The molecular formula is C20H23Cl2FN2O. The molecule has 0 aliphatic rings. The summed E-state index contributed by atoms with van der Waals surface area (Å²) in [7, 11) is 0. The largest absolute Gasteiger partial charge is 0.324 e. The van der Waals surface area contributed by atoms with Crippen molar-refractivity contribution in [2.45, 2.75) is 39.7 Å². The van der Waals surface area contributed by atoms with Gasteiger partial charge in [0, 0.05) is 16.8 Å². The van der Waals surface area contributed by atoms with E-state index in [0.717, 1.165) is 29.7 Å². The van der Waals surface area contributed by atoms with Gasteiger partial charge in [0.1, 0.15) is 5.82 Å². The molecule has 2 aromatic carbocycles. The molecular weight excluding hydrogens is 374 g/mol. The molecule has 2 aromatic rings. The Balaban J connectivity index is 2.05. The Morgan fingerprint density at radius 3 is 2.31 bits per heavy atom. The van der Waals surface area contributed by atoms with E-state index in [4.69, 9.17) is 23.2 Å². The third-order valence-electron chi connectivity index (χ3n) is 4.34. The lowest BCUT2D eigenvalue weighted by Crippen LogP contribution is -2.30. The van der Waals surface area contributed by atoms with Gasteiger partial charge < -0.3 is 10.6 Å². The fourth-order valence-corrected chi connectivity index (χ4v) is 3.36. The summed E-state index contributed by atoms with van der Waals surface area (Å²) in [6, 6.07) is 8.40. The van der Waals surface area contributed by atoms with Crippen molar-refractivity contribution in [2.75, 3.05) is 11.9 Å². The molecule has 26 heavy (non-hydrogen) atoms. The first-order valence-corrected chi connectivity index (χ1v) is 9.41. The highest BCUT2D eigenvalue weighted by Crippen LogP contribution is 2.28. The molecule has 1 amide bonds. The summed E-state index contributed by atoms with van der Waals surface area (Å²) in [6.07, 6.45) is 1.68. The number of carbonyl (C=O) groups excluding carboxylic acids is 1. The van der Waals surface area contributed by atoms with Crippen LogP contribution in [0, 0.1) is 5.82 Å². The van der Waals surface area contributed by atoms with E-state index >= 15 is 0 Å². The molecule has 2 N–H and O–H groups in total. The number of para-hydroxylation sites is 1. The second-order valence-corrected chi connectivity index (χ2v) is 6.91. The van der Waals surface area contributed by atoms with E-state index in [9.17, 15) is 9.18 Å². The lowest BCUT2D eigenvalue weighted by molar-refractivity contribution is -0.115. The van der Waals surface area contributed by atoms with E-state index in [2.05, 4.69) is 24.5 Å². The number of halogens is 3. The molecule has 0 spiro atoms. The zero-order valence-electron chi connectivity index (χ0n) is 15.1. The molecule has 1 atom stereocenters. The number of hydrogen-bond acceptors (Lipinski definition) is 2. The van der Waals surface area contributed by atoms with Crippen LogP contribution < -0.4 is 10.6 Å². The molecule has 0 saturated heterocycles. The summed E-state index contributed by atoms with van der Waals surface area (Å²) < 4.78 is 13.7. The van der Waals surface area contributed by atoms with E-state index in [1.807, 2.05) is 25.1 Å². The maximum atomic E-state index is 13.7. The molecule has 0 heterocycles. The maximum absolute atomic E-state index is 13.7. The summed E-state index contributed by atoms with van der Waals surface area (Å²) in [5.41, 5.74) is 3.65. The number of hydrogen-bond donors (Lipinski definition) is 2. The third kappa shape index (κ3) is 4.97. The summed E-state index contributed by atoms with van der Waals surface area (Å²) in [4.78, 5) is 12.4. The fourth-order valence-electron chi connectivity index (χ4n) is 2.81. The SMILES string of the molecule is CCc1cccc(CC)c1NC(=O)CN[C@@H](C)c1cc(F)c(Cl)cc1Cl. The summed E-state index contributed by atoms with van der Waals surface area (Å²) in [5, 5.41) is 6.41. The van der Waals surface area contributed by atoms with Crippen molar-refractivity contribution in [3.8, 4) is 0 Å². The minimum atomic E-state index is -0.534. The first kappa shape index (κ1) is 20.7. The van der Waals surface area contributed by atoms with Gasteiger partial charge in [0.15, 0.2) is 0 Å². The lowest BCUT2D eigenvalue weighted by atomic mass is 10.0. The minimum absolute atomic E-state index is 0.0213. The third-order valence-corrected chi connectivity index (χ3v) is 4.96. The van der Waals surface area contributed by atoms with Gasteiger partial charge in [0.05, 0.1) is 11.6 Å². The Morgan fingerprint density at radius 2 is 1.73 bits per heavy atom. The van der Waals surface area contributed by atoms with Crippen LogP contribution in [0.3, 0.4) is 0 Å². The maximum Gasteiger partial charge on any atom is 0.238 e. The van der Waals surface area contributed by atoms with Crippen molar-refractivity contribution >= 4 is 34.8 Å². The van der Waals surface area contributed by atoms with Crippen LogP contribution in [0.25, 0.3) is 0 Å². The molecule has 0 radical (unpaired) electrons. The van der Waals surface area contributed by atoms with Gasteiger partial charge in [-0.3, -0.25) is 4.79 Å². The van der Waals surface area contributed by atoms with Gasteiger partial charge in [-0.25, -0.2) is 4.39 Å². The van der Waals surface area contributed by atoms with Crippen molar-refractivity contribution in [1.82, 2.24) is 5.32 Å². The first-order chi connectivity index (χ1) is 12.4. The molecule has 0 unspecified atom stereocenters. The van der Waals surface area contributed by atoms with E-state index in [-0.39, 0.29) is 23.5 Å². The van der Waals surface area contributed by atoms with Crippen molar-refractivity contribution in [1.29, 1.82) is 0 Å². The van der Waals surface area contributed by atoms with E-state index in [1.165, 1.54) is 12.1 Å². The van der Waals surface area contributed by atoms with Gasteiger partial charge in [-0.2, -0.15) is 0 Å². The summed E-state index contributed by atoms with van der Waals surface area (Å²) >= 11 is 11.9. The molecule has 0 bridgehead atoms. The average Bonchev–Trinajstić information content (AvgIpc) is 2.62. The van der Waals surface area contributed by atoms with E-state index < -0.39 is 5.82 Å². The highest BCUT2D eigenvalue weighted by atomic mass is 35.5. The number of carbonyl (C=O) groups is 1. The van der Waals surface area contributed by atoms with Crippen LogP contribution >= 0.6 is 23.2 Å². The molecule has 6 heteroatoms. The average molecular weight is 397 g/mol. The van der Waals surface area contributed by atoms with Crippen LogP contribution in [0.4, 0.5) is 10.1 Å². The van der Waals surface area contributed by atoms with Crippen molar-refractivity contribution in [2.24, 2.45) is 0 Å². The normalized spacial score (nSPS) is 12.1. The van der Waals surface area contributed by atoms with Crippen LogP contribution in [-0.2, 0) is 17.6 Å². The number of aryl methyl sites for hydroxylation is 2. The van der Waals surface area contributed by atoms with Gasteiger partial charge in [0.2, 0.25) is 5.91 Å². The minimum Gasteiger partial charge on any atom is -0.324 e. The predicted molar refractivity (Wildman–Crippen MR) is 107 cm³/mol. The molecule has 0 fully saturated rings. The van der Waals surface area contributed by atoms with E-state index in [0.29, 0.717) is 10.6 Å². The highest BCUT2D eigenvalue weighted by molar-refractivity contribution is 6.35.